The Labute approximate surface area is 125 Å². The van der Waals surface area contributed by atoms with Crippen molar-refractivity contribution in [3.8, 4) is 0 Å². The quantitative estimate of drug-likeness (QED) is 0.779. The van der Waals surface area contributed by atoms with Crippen LogP contribution in [0, 0.1) is 13.8 Å². The highest BCUT2D eigenvalue weighted by Gasteiger charge is 2.16. The number of anilines is 1. The predicted molar refractivity (Wildman–Crippen MR) is 83.4 cm³/mol. The number of hydrogen-bond acceptors (Lipinski definition) is 5. The molecule has 0 aliphatic rings. The average Bonchev–Trinajstić information content (AvgIpc) is 3.00. The summed E-state index contributed by atoms with van der Waals surface area (Å²) >= 11 is 1.40. The van der Waals surface area contributed by atoms with E-state index in [1.54, 1.807) is 6.07 Å². The van der Waals surface area contributed by atoms with Crippen molar-refractivity contribution in [3.05, 3.63) is 46.2 Å². The van der Waals surface area contributed by atoms with E-state index in [1.165, 1.54) is 11.3 Å². The Morgan fingerprint density at radius 1 is 1.38 bits per heavy atom. The number of nitrogens with zero attached hydrogens (tertiary/aromatic N) is 1. The van der Waals surface area contributed by atoms with Gasteiger partial charge in [0.05, 0.1) is 17.9 Å². The van der Waals surface area contributed by atoms with Crippen molar-refractivity contribution in [2.45, 2.75) is 20.4 Å². The molecule has 0 fully saturated rings. The molecule has 1 amide bonds. The Morgan fingerprint density at radius 2 is 2.19 bits per heavy atom. The third-order valence-corrected chi connectivity index (χ3v) is 4.36. The number of nitrogen functional groups attached to an aromatic ring is 1. The van der Waals surface area contributed by atoms with Gasteiger partial charge >= 0.3 is 0 Å². The van der Waals surface area contributed by atoms with Crippen LogP contribution >= 0.6 is 11.3 Å². The van der Waals surface area contributed by atoms with Gasteiger partial charge in [-0.05, 0) is 25.5 Å². The van der Waals surface area contributed by atoms with Gasteiger partial charge < -0.3 is 15.6 Å². The maximum atomic E-state index is 12.3. The maximum Gasteiger partial charge on any atom is 0.263 e. The monoisotopic (exact) mass is 301 g/mol. The van der Waals surface area contributed by atoms with E-state index in [0.717, 1.165) is 21.3 Å². The summed E-state index contributed by atoms with van der Waals surface area (Å²) in [7, 11) is 0. The molecule has 21 heavy (non-hydrogen) atoms. The summed E-state index contributed by atoms with van der Waals surface area (Å²) in [4.78, 5) is 12.8. The molecule has 0 saturated heterocycles. The molecule has 2 aromatic heterocycles. The van der Waals surface area contributed by atoms with Crippen molar-refractivity contribution >= 4 is 33.0 Å². The number of nitrogens with two attached hydrogens (primary N) is 1. The Bertz CT molecular complexity index is 820. The molecule has 6 heteroatoms. The van der Waals surface area contributed by atoms with Gasteiger partial charge in [0.15, 0.2) is 5.76 Å². The number of nitrogens with one attached hydrogen (secondary N) is 1. The largest absolute Gasteiger partial charge is 0.397 e. The number of benzene rings is 1. The molecule has 3 rings (SSSR count). The van der Waals surface area contributed by atoms with E-state index < -0.39 is 0 Å². The molecule has 0 bridgehead atoms. The fourth-order valence-electron chi connectivity index (χ4n) is 2.14. The molecule has 3 aromatic rings. The van der Waals surface area contributed by atoms with Gasteiger partial charge in [0, 0.05) is 16.2 Å². The van der Waals surface area contributed by atoms with Gasteiger partial charge in [0.1, 0.15) is 4.88 Å². The zero-order chi connectivity index (χ0) is 15.0. The van der Waals surface area contributed by atoms with Crippen molar-refractivity contribution in [1.82, 2.24) is 10.5 Å². The molecule has 0 atom stereocenters. The highest BCUT2D eigenvalue weighted by molar-refractivity contribution is 7.21. The first-order chi connectivity index (χ1) is 10.0. The van der Waals surface area contributed by atoms with E-state index in [9.17, 15) is 4.79 Å². The number of thiophene rings is 1. The molecule has 0 unspecified atom stereocenters. The van der Waals surface area contributed by atoms with Crippen LogP contribution in [0.25, 0.3) is 10.1 Å². The van der Waals surface area contributed by atoms with Gasteiger partial charge in [0.2, 0.25) is 0 Å². The van der Waals surface area contributed by atoms with E-state index in [-0.39, 0.29) is 5.91 Å². The zero-order valence-corrected chi connectivity index (χ0v) is 12.6. The first-order valence-electron chi connectivity index (χ1n) is 6.53. The lowest BCUT2D eigenvalue weighted by Gasteiger charge is -2.01. The minimum atomic E-state index is -0.194. The minimum absolute atomic E-state index is 0.194. The van der Waals surface area contributed by atoms with Gasteiger partial charge in [-0.25, -0.2) is 0 Å². The van der Waals surface area contributed by atoms with E-state index in [0.29, 0.717) is 22.9 Å². The molecule has 0 saturated carbocycles. The molecule has 0 spiro atoms. The van der Waals surface area contributed by atoms with Crippen molar-refractivity contribution in [2.24, 2.45) is 0 Å². The summed E-state index contributed by atoms with van der Waals surface area (Å²) in [5.74, 6) is 0.428. The number of fused-ring (bicyclic) bond motifs is 1. The number of aromatic nitrogens is 1. The highest BCUT2D eigenvalue weighted by atomic mass is 32.1. The van der Waals surface area contributed by atoms with Gasteiger partial charge in [0.25, 0.3) is 5.91 Å². The van der Waals surface area contributed by atoms with Crippen LogP contribution in [-0.2, 0) is 6.54 Å². The lowest BCUT2D eigenvalue weighted by atomic mass is 10.1. The van der Waals surface area contributed by atoms with Crippen molar-refractivity contribution in [1.29, 1.82) is 0 Å². The summed E-state index contributed by atoms with van der Waals surface area (Å²) in [5, 5.41) is 7.51. The fourth-order valence-corrected chi connectivity index (χ4v) is 3.28. The first-order valence-corrected chi connectivity index (χ1v) is 7.35. The lowest BCUT2D eigenvalue weighted by Crippen LogP contribution is -2.22. The fraction of sp³-hybridized carbons (Fsp3) is 0.200. The number of amides is 1. The van der Waals surface area contributed by atoms with Crippen LogP contribution in [-0.4, -0.2) is 11.1 Å². The number of carbonyl (C=O) groups excluding carboxylic acids is 1. The molecule has 0 aliphatic heterocycles. The number of carbonyl (C=O) groups is 1. The van der Waals surface area contributed by atoms with Gasteiger partial charge in [-0.2, -0.15) is 0 Å². The molecule has 2 heterocycles. The van der Waals surface area contributed by atoms with Crippen molar-refractivity contribution in [2.75, 3.05) is 5.73 Å². The minimum Gasteiger partial charge on any atom is -0.397 e. The summed E-state index contributed by atoms with van der Waals surface area (Å²) in [5.41, 5.74) is 8.54. The van der Waals surface area contributed by atoms with Gasteiger partial charge in [-0.1, -0.05) is 17.3 Å². The van der Waals surface area contributed by atoms with Gasteiger partial charge in [-0.3, -0.25) is 4.79 Å². The first kappa shape index (κ1) is 13.6. The van der Waals surface area contributed by atoms with Crippen LogP contribution in [0.4, 0.5) is 5.69 Å². The third-order valence-electron chi connectivity index (χ3n) is 3.19. The SMILES string of the molecule is Cc1ccc2c(N)c(C(=O)NCc3cc(C)no3)sc2c1. The van der Waals surface area contributed by atoms with Crippen LogP contribution in [0.1, 0.15) is 26.7 Å². The second-order valence-electron chi connectivity index (χ2n) is 4.96. The summed E-state index contributed by atoms with van der Waals surface area (Å²) in [6.45, 7) is 4.15. The smallest absolute Gasteiger partial charge is 0.263 e. The Kier molecular flexibility index (Phi) is 3.39. The molecule has 0 aliphatic carbocycles. The molecule has 5 nitrogen and oxygen atoms in total. The molecule has 108 valence electrons. The topological polar surface area (TPSA) is 81.2 Å². The average molecular weight is 301 g/mol. The molecule has 3 N–H and O–H groups in total. The van der Waals surface area contributed by atoms with E-state index in [4.69, 9.17) is 10.3 Å². The van der Waals surface area contributed by atoms with Crippen LogP contribution in [0.5, 0.6) is 0 Å². The molecular formula is C15H15N3O2S. The Balaban J connectivity index is 1.82. The van der Waals surface area contributed by atoms with E-state index in [2.05, 4.69) is 10.5 Å². The van der Waals surface area contributed by atoms with Crippen LogP contribution < -0.4 is 11.1 Å². The zero-order valence-electron chi connectivity index (χ0n) is 11.8. The lowest BCUT2D eigenvalue weighted by molar-refractivity contribution is 0.0952. The number of aryl methyl sites for hydroxylation is 2. The van der Waals surface area contributed by atoms with E-state index >= 15 is 0 Å². The second-order valence-corrected chi connectivity index (χ2v) is 6.01. The normalized spacial score (nSPS) is 11.0. The molecule has 1 aromatic carbocycles. The third kappa shape index (κ3) is 2.62. The van der Waals surface area contributed by atoms with Crippen molar-refractivity contribution in [3.63, 3.8) is 0 Å². The van der Waals surface area contributed by atoms with Crippen LogP contribution in [0.3, 0.4) is 0 Å². The van der Waals surface area contributed by atoms with Crippen molar-refractivity contribution < 1.29 is 9.32 Å². The predicted octanol–water partition coefficient (Wildman–Crippen LogP) is 3.02. The Morgan fingerprint density at radius 3 is 2.90 bits per heavy atom. The highest BCUT2D eigenvalue weighted by Crippen LogP contribution is 2.34. The summed E-state index contributed by atoms with van der Waals surface area (Å²) in [6.07, 6.45) is 0. The summed E-state index contributed by atoms with van der Waals surface area (Å²) in [6, 6.07) is 7.77. The van der Waals surface area contributed by atoms with Crippen LogP contribution in [0.2, 0.25) is 0 Å². The van der Waals surface area contributed by atoms with E-state index in [1.807, 2.05) is 32.0 Å². The Hall–Kier alpha value is -2.34. The van der Waals surface area contributed by atoms with Gasteiger partial charge in [-0.15, -0.1) is 11.3 Å². The number of hydrogen-bond donors (Lipinski definition) is 2. The molecule has 0 radical (unpaired) electrons. The standard InChI is InChI=1S/C15H15N3O2S/c1-8-3-4-11-12(5-8)21-14(13(11)16)15(19)17-7-10-6-9(2)18-20-10/h3-6H,7,16H2,1-2H3,(H,17,19). The summed E-state index contributed by atoms with van der Waals surface area (Å²) < 4.78 is 6.08. The molecular weight excluding hydrogens is 286 g/mol. The van der Waals surface area contributed by atoms with Crippen LogP contribution in [0.15, 0.2) is 28.8 Å². The maximum absolute atomic E-state index is 12.3. The number of rotatable bonds is 3. The second kappa shape index (κ2) is 5.21.